The first-order chi connectivity index (χ1) is 12.8. The summed E-state index contributed by atoms with van der Waals surface area (Å²) in [6, 6.07) is 17.6. The third-order valence-electron chi connectivity index (χ3n) is 5.75. The minimum atomic E-state index is 0.973. The Morgan fingerprint density at radius 2 is 1.73 bits per heavy atom. The van der Waals surface area contributed by atoms with Crippen LogP contribution in [-0.4, -0.2) is 53.2 Å². The quantitative estimate of drug-likeness (QED) is 0.619. The lowest BCUT2D eigenvalue weighted by molar-refractivity contribution is 0.148. The van der Waals surface area contributed by atoms with Crippen LogP contribution in [0.3, 0.4) is 0 Å². The van der Waals surface area contributed by atoms with E-state index in [0.29, 0.717) is 0 Å². The van der Waals surface area contributed by atoms with E-state index in [2.05, 4.69) is 75.6 Å². The van der Waals surface area contributed by atoms with Crippen molar-refractivity contribution in [2.75, 3.05) is 33.2 Å². The van der Waals surface area contributed by atoms with Crippen molar-refractivity contribution in [3.05, 3.63) is 65.2 Å². The van der Waals surface area contributed by atoms with Gasteiger partial charge in [-0.3, -0.25) is 10.00 Å². The van der Waals surface area contributed by atoms with E-state index < -0.39 is 0 Å². The summed E-state index contributed by atoms with van der Waals surface area (Å²) in [7, 11) is 2.20. The number of aromatic amines is 1. The molecule has 1 aliphatic carbocycles. The molecule has 1 saturated heterocycles. The van der Waals surface area contributed by atoms with E-state index in [4.69, 9.17) is 0 Å². The first-order valence-corrected chi connectivity index (χ1v) is 9.43. The molecule has 4 nitrogen and oxygen atoms in total. The molecule has 2 aliphatic rings. The van der Waals surface area contributed by atoms with Crippen molar-refractivity contribution in [3.63, 3.8) is 0 Å². The van der Waals surface area contributed by atoms with Gasteiger partial charge in [0.15, 0.2) is 0 Å². The van der Waals surface area contributed by atoms with E-state index in [1.807, 2.05) is 0 Å². The van der Waals surface area contributed by atoms with E-state index in [1.54, 1.807) is 0 Å². The first-order valence-electron chi connectivity index (χ1n) is 9.43. The van der Waals surface area contributed by atoms with Gasteiger partial charge < -0.3 is 4.90 Å². The fourth-order valence-electron chi connectivity index (χ4n) is 4.14. The Morgan fingerprint density at radius 3 is 2.54 bits per heavy atom. The molecule has 132 valence electrons. The normalized spacial score (nSPS) is 17.3. The molecular formula is C22H24N4. The molecule has 26 heavy (non-hydrogen) atoms. The summed E-state index contributed by atoms with van der Waals surface area (Å²) in [5, 5.41) is 7.88. The maximum absolute atomic E-state index is 4.62. The number of nitrogens with one attached hydrogen (secondary N) is 1. The van der Waals surface area contributed by atoms with Gasteiger partial charge in [0.25, 0.3) is 0 Å². The molecule has 0 bridgehead atoms. The van der Waals surface area contributed by atoms with Gasteiger partial charge in [-0.15, -0.1) is 0 Å². The molecule has 1 fully saturated rings. The fourth-order valence-corrected chi connectivity index (χ4v) is 4.14. The summed E-state index contributed by atoms with van der Waals surface area (Å²) in [4.78, 5) is 4.94. The monoisotopic (exact) mass is 344 g/mol. The Labute approximate surface area is 154 Å². The van der Waals surface area contributed by atoms with Gasteiger partial charge in [-0.2, -0.15) is 5.10 Å². The molecule has 5 rings (SSSR count). The SMILES string of the molecule is CN1CCN(Cc2ccc(-c3n[nH]c4c3Cc3ccccc3-4)cc2)CC1. The van der Waals surface area contributed by atoms with Crippen LogP contribution in [0.5, 0.6) is 0 Å². The predicted octanol–water partition coefficient (Wildman–Crippen LogP) is 3.40. The Balaban J connectivity index is 1.35. The summed E-state index contributed by atoms with van der Waals surface area (Å²) in [5.41, 5.74) is 8.90. The maximum Gasteiger partial charge on any atom is 0.0962 e. The summed E-state index contributed by atoms with van der Waals surface area (Å²) in [5.74, 6) is 0. The van der Waals surface area contributed by atoms with Crippen LogP contribution < -0.4 is 0 Å². The number of likely N-dealkylation sites (N-methyl/N-ethyl adjacent to an activating group) is 1. The molecular weight excluding hydrogens is 320 g/mol. The zero-order valence-electron chi connectivity index (χ0n) is 15.2. The van der Waals surface area contributed by atoms with Crippen molar-refractivity contribution >= 4 is 0 Å². The summed E-state index contributed by atoms with van der Waals surface area (Å²) in [6.45, 7) is 5.68. The number of benzene rings is 2. The van der Waals surface area contributed by atoms with E-state index in [0.717, 1.165) is 44.8 Å². The number of nitrogens with zero attached hydrogens (tertiary/aromatic N) is 3. The van der Waals surface area contributed by atoms with Gasteiger partial charge >= 0.3 is 0 Å². The number of rotatable bonds is 3. The molecule has 1 aromatic heterocycles. The Kier molecular flexibility index (Phi) is 3.88. The molecule has 0 unspecified atom stereocenters. The number of H-pyrrole nitrogens is 1. The molecule has 2 aromatic carbocycles. The second kappa shape index (κ2) is 6.38. The van der Waals surface area contributed by atoms with E-state index in [1.165, 1.54) is 33.5 Å². The first kappa shape index (κ1) is 15.8. The molecule has 0 radical (unpaired) electrons. The van der Waals surface area contributed by atoms with Crippen molar-refractivity contribution in [2.45, 2.75) is 13.0 Å². The summed E-state index contributed by atoms with van der Waals surface area (Å²) >= 11 is 0. The van der Waals surface area contributed by atoms with Gasteiger partial charge in [-0.1, -0.05) is 48.5 Å². The number of hydrogen-bond acceptors (Lipinski definition) is 3. The van der Waals surface area contributed by atoms with Crippen molar-refractivity contribution in [1.29, 1.82) is 0 Å². The lowest BCUT2D eigenvalue weighted by Gasteiger charge is -2.32. The topological polar surface area (TPSA) is 35.2 Å². The molecule has 1 aliphatic heterocycles. The number of fused-ring (bicyclic) bond motifs is 3. The molecule has 1 N–H and O–H groups in total. The fraction of sp³-hybridized carbons (Fsp3) is 0.318. The highest BCUT2D eigenvalue weighted by Gasteiger charge is 2.24. The van der Waals surface area contributed by atoms with Crippen LogP contribution in [-0.2, 0) is 13.0 Å². The molecule has 2 heterocycles. The van der Waals surface area contributed by atoms with Gasteiger partial charge in [0.1, 0.15) is 0 Å². The van der Waals surface area contributed by atoms with Crippen molar-refractivity contribution < 1.29 is 0 Å². The van der Waals surface area contributed by atoms with E-state index in [9.17, 15) is 0 Å². The molecule has 0 spiro atoms. The van der Waals surface area contributed by atoms with Crippen molar-refractivity contribution in [2.24, 2.45) is 0 Å². The van der Waals surface area contributed by atoms with Crippen LogP contribution >= 0.6 is 0 Å². The van der Waals surface area contributed by atoms with Crippen LogP contribution in [0.4, 0.5) is 0 Å². The zero-order chi connectivity index (χ0) is 17.5. The third kappa shape index (κ3) is 2.75. The highest BCUT2D eigenvalue weighted by atomic mass is 15.2. The van der Waals surface area contributed by atoms with Crippen LogP contribution in [0, 0.1) is 0 Å². The lowest BCUT2D eigenvalue weighted by Crippen LogP contribution is -2.43. The van der Waals surface area contributed by atoms with Gasteiger partial charge in [0.05, 0.1) is 11.4 Å². The smallest absolute Gasteiger partial charge is 0.0962 e. The van der Waals surface area contributed by atoms with Gasteiger partial charge in [-0.05, 0) is 18.2 Å². The highest BCUT2D eigenvalue weighted by Crippen LogP contribution is 2.39. The highest BCUT2D eigenvalue weighted by molar-refractivity contribution is 5.80. The Morgan fingerprint density at radius 1 is 0.962 bits per heavy atom. The third-order valence-corrected chi connectivity index (χ3v) is 5.75. The molecule has 3 aromatic rings. The summed E-state index contributed by atoms with van der Waals surface area (Å²) in [6.07, 6.45) is 0.973. The lowest BCUT2D eigenvalue weighted by atomic mass is 10.0. The number of piperazine rings is 1. The number of aromatic nitrogens is 2. The van der Waals surface area contributed by atoms with E-state index in [-0.39, 0.29) is 0 Å². The molecule has 0 saturated carbocycles. The molecule has 0 atom stereocenters. The van der Waals surface area contributed by atoms with Crippen LogP contribution in [0.15, 0.2) is 48.5 Å². The minimum absolute atomic E-state index is 0.973. The van der Waals surface area contributed by atoms with Crippen LogP contribution in [0.25, 0.3) is 22.5 Å². The average Bonchev–Trinajstić information content (AvgIpc) is 3.24. The van der Waals surface area contributed by atoms with Crippen LogP contribution in [0.2, 0.25) is 0 Å². The number of hydrogen-bond donors (Lipinski definition) is 1. The van der Waals surface area contributed by atoms with E-state index >= 15 is 0 Å². The largest absolute Gasteiger partial charge is 0.304 e. The second-order valence-corrected chi connectivity index (χ2v) is 7.54. The zero-order valence-corrected chi connectivity index (χ0v) is 15.2. The van der Waals surface area contributed by atoms with Gasteiger partial charge in [0.2, 0.25) is 0 Å². The molecule has 4 heteroatoms. The maximum atomic E-state index is 4.62. The minimum Gasteiger partial charge on any atom is -0.304 e. The van der Waals surface area contributed by atoms with Crippen molar-refractivity contribution in [1.82, 2.24) is 20.0 Å². The van der Waals surface area contributed by atoms with Crippen molar-refractivity contribution in [3.8, 4) is 22.5 Å². The Hall–Kier alpha value is -2.43. The van der Waals surface area contributed by atoms with Gasteiger partial charge in [-0.25, -0.2) is 0 Å². The van der Waals surface area contributed by atoms with Gasteiger partial charge in [0, 0.05) is 55.8 Å². The average molecular weight is 344 g/mol. The standard InChI is InChI=1S/C22H24N4/c1-25-10-12-26(13-11-25)15-16-6-8-17(9-7-16)21-20-14-18-4-2-3-5-19(18)22(20)24-23-21/h2-9H,10-15H2,1H3,(H,23,24). The Bertz CT molecular complexity index is 918. The molecule has 0 amide bonds. The predicted molar refractivity (Wildman–Crippen MR) is 105 cm³/mol. The summed E-state index contributed by atoms with van der Waals surface area (Å²) < 4.78 is 0. The second-order valence-electron chi connectivity index (χ2n) is 7.54. The van der Waals surface area contributed by atoms with Crippen LogP contribution in [0.1, 0.15) is 16.7 Å².